The van der Waals surface area contributed by atoms with Gasteiger partial charge >= 0.3 is 6.01 Å². The zero-order valence-corrected chi connectivity index (χ0v) is 25.0. The normalized spacial score (nSPS) is 27.0. The van der Waals surface area contributed by atoms with Crippen molar-refractivity contribution in [3.63, 3.8) is 0 Å². The van der Waals surface area contributed by atoms with Gasteiger partial charge in [-0.15, -0.1) is 0 Å². The fourth-order valence-corrected chi connectivity index (χ4v) is 8.26. The van der Waals surface area contributed by atoms with Crippen LogP contribution in [0, 0.1) is 0 Å². The second kappa shape index (κ2) is 10.1. The molecule has 4 aliphatic heterocycles. The van der Waals surface area contributed by atoms with Gasteiger partial charge in [0.25, 0.3) is 0 Å². The number of nitrogens with one attached hydrogen (secondary N) is 1. The Labute approximate surface area is 253 Å². The van der Waals surface area contributed by atoms with E-state index in [4.69, 9.17) is 47.2 Å². The maximum Gasteiger partial charge on any atom is 0.319 e. The third-order valence-corrected chi connectivity index (χ3v) is 10.3. The monoisotopic (exact) mass is 606 g/mol. The molecule has 0 spiro atoms. The van der Waals surface area contributed by atoms with Crippen molar-refractivity contribution in [1.82, 2.24) is 25.2 Å². The number of nitrogen functional groups attached to an aromatic ring is 2. The Morgan fingerprint density at radius 3 is 2.77 bits per heavy atom. The Hall–Kier alpha value is -3.41. The first kappa shape index (κ1) is 27.2. The molecule has 1 aromatic carbocycles. The number of fused-ring (bicyclic) bond motifs is 5. The molecular formula is C31H36ClFN8O2. The molecule has 0 saturated carbocycles. The highest BCUT2D eigenvalue weighted by Crippen LogP contribution is 2.44. The van der Waals surface area contributed by atoms with Crippen molar-refractivity contribution < 1.29 is 13.5 Å². The number of rotatable bonds is 6. The summed E-state index contributed by atoms with van der Waals surface area (Å²) in [6.45, 7) is 5.36. The molecule has 12 heteroatoms. The molecule has 2 bridgehead atoms. The standard InChI is InChI=1S/C31H36ClFN8O2/c1-2-19-25-23(43-28(19)35)7-6-21(32)24(25)20-10-22-26(38-27(20)34)29(40-13-17-4-5-18(14-40)36-17)39-30(37-22)42-15-31-8-3-9-41(31)12-16(33)11-31/h6-7,10,16-18,36H,2-5,8-9,11-15,35H2,1H3,(H2,34,38)/t16-,17?,18?,31+/m1/s1. The summed E-state index contributed by atoms with van der Waals surface area (Å²) >= 11 is 6.83. The molecule has 4 aromatic rings. The van der Waals surface area contributed by atoms with E-state index < -0.39 is 6.17 Å². The van der Waals surface area contributed by atoms with Crippen molar-refractivity contribution >= 4 is 51.1 Å². The van der Waals surface area contributed by atoms with Gasteiger partial charge in [-0.05, 0) is 56.8 Å². The van der Waals surface area contributed by atoms with Crippen LogP contribution in [-0.4, -0.2) is 76.4 Å². The van der Waals surface area contributed by atoms with E-state index in [0.29, 0.717) is 88.4 Å². The Balaban J connectivity index is 1.26. The minimum absolute atomic E-state index is 0.264. The molecule has 226 valence electrons. The number of piperazine rings is 1. The second-order valence-electron chi connectivity index (χ2n) is 12.6. The van der Waals surface area contributed by atoms with E-state index in [-0.39, 0.29) is 11.5 Å². The summed E-state index contributed by atoms with van der Waals surface area (Å²) in [5, 5.41) is 5.03. The molecule has 4 aliphatic rings. The summed E-state index contributed by atoms with van der Waals surface area (Å²) in [4.78, 5) is 19.2. The van der Waals surface area contributed by atoms with E-state index >= 15 is 0 Å². The molecule has 43 heavy (non-hydrogen) atoms. The van der Waals surface area contributed by atoms with E-state index in [1.165, 1.54) is 0 Å². The minimum atomic E-state index is -0.833. The summed E-state index contributed by atoms with van der Waals surface area (Å²) in [5.41, 5.74) is 16.7. The fraction of sp³-hybridized carbons (Fsp3) is 0.516. The van der Waals surface area contributed by atoms with Crippen LogP contribution in [0.5, 0.6) is 6.01 Å². The van der Waals surface area contributed by atoms with Crippen LogP contribution in [0.4, 0.5) is 21.9 Å². The highest BCUT2D eigenvalue weighted by Gasteiger charge is 2.49. The van der Waals surface area contributed by atoms with Crippen LogP contribution in [0.15, 0.2) is 22.6 Å². The lowest BCUT2D eigenvalue weighted by Gasteiger charge is -2.34. The number of halogens is 2. The van der Waals surface area contributed by atoms with E-state index in [0.717, 1.165) is 56.3 Å². The molecule has 4 atom stereocenters. The summed E-state index contributed by atoms with van der Waals surface area (Å²) in [6.07, 6.45) is 4.53. The van der Waals surface area contributed by atoms with Gasteiger partial charge in [0.05, 0.1) is 11.1 Å². The van der Waals surface area contributed by atoms with Gasteiger partial charge in [0.1, 0.15) is 29.7 Å². The number of alkyl halides is 1. The zero-order chi connectivity index (χ0) is 29.5. The van der Waals surface area contributed by atoms with Gasteiger partial charge in [-0.1, -0.05) is 18.5 Å². The van der Waals surface area contributed by atoms with Crippen LogP contribution in [0.2, 0.25) is 5.02 Å². The van der Waals surface area contributed by atoms with Gasteiger partial charge in [0.2, 0.25) is 0 Å². The van der Waals surface area contributed by atoms with Crippen LogP contribution >= 0.6 is 11.6 Å². The first-order valence-electron chi connectivity index (χ1n) is 15.3. The molecule has 0 radical (unpaired) electrons. The Morgan fingerprint density at radius 2 is 1.98 bits per heavy atom. The molecular weight excluding hydrogens is 571 g/mol. The first-order valence-corrected chi connectivity index (χ1v) is 15.7. The van der Waals surface area contributed by atoms with Crippen molar-refractivity contribution in [3.05, 3.63) is 28.8 Å². The van der Waals surface area contributed by atoms with Crippen LogP contribution in [0.3, 0.4) is 0 Å². The van der Waals surface area contributed by atoms with E-state index in [2.05, 4.69) is 15.1 Å². The molecule has 0 amide bonds. The fourth-order valence-electron chi connectivity index (χ4n) is 8.00. The molecule has 5 N–H and O–H groups in total. The van der Waals surface area contributed by atoms with Crippen molar-refractivity contribution in [3.8, 4) is 17.1 Å². The third kappa shape index (κ3) is 4.38. The van der Waals surface area contributed by atoms with Gasteiger partial charge in [-0.25, -0.2) is 9.37 Å². The van der Waals surface area contributed by atoms with Crippen molar-refractivity contribution in [2.24, 2.45) is 0 Å². The van der Waals surface area contributed by atoms with Crippen molar-refractivity contribution in [2.45, 2.75) is 69.2 Å². The average molecular weight is 607 g/mol. The maximum absolute atomic E-state index is 14.5. The number of aromatic nitrogens is 3. The van der Waals surface area contributed by atoms with Gasteiger partial charge in [-0.3, -0.25) is 4.90 Å². The molecule has 10 nitrogen and oxygen atoms in total. The maximum atomic E-state index is 14.5. The van der Waals surface area contributed by atoms with Gasteiger partial charge < -0.3 is 30.8 Å². The number of nitrogens with zero attached hydrogens (tertiary/aromatic N) is 5. The molecule has 3 aromatic heterocycles. The number of ether oxygens (including phenoxy) is 1. The van der Waals surface area contributed by atoms with Crippen LogP contribution in [-0.2, 0) is 6.42 Å². The first-order chi connectivity index (χ1) is 20.8. The largest absolute Gasteiger partial charge is 0.461 e. The highest BCUT2D eigenvalue weighted by atomic mass is 35.5. The van der Waals surface area contributed by atoms with Gasteiger partial charge in [0, 0.05) is 65.2 Å². The number of hydrogen-bond acceptors (Lipinski definition) is 10. The van der Waals surface area contributed by atoms with Crippen LogP contribution in [0.1, 0.15) is 44.6 Å². The minimum Gasteiger partial charge on any atom is -0.461 e. The lowest BCUT2D eigenvalue weighted by molar-refractivity contribution is 0.107. The van der Waals surface area contributed by atoms with Crippen molar-refractivity contribution in [1.29, 1.82) is 0 Å². The molecule has 7 heterocycles. The lowest BCUT2D eigenvalue weighted by atomic mass is 9.95. The van der Waals surface area contributed by atoms with Gasteiger partial charge in [0.15, 0.2) is 11.7 Å². The Bertz CT molecular complexity index is 1740. The van der Waals surface area contributed by atoms with E-state index in [9.17, 15) is 4.39 Å². The summed E-state index contributed by atoms with van der Waals surface area (Å²) in [5.74, 6) is 1.39. The smallest absolute Gasteiger partial charge is 0.319 e. The molecule has 4 saturated heterocycles. The average Bonchev–Trinajstić information content (AvgIpc) is 3.71. The number of anilines is 3. The highest BCUT2D eigenvalue weighted by molar-refractivity contribution is 6.35. The number of nitrogens with two attached hydrogens (primary N) is 2. The number of hydrogen-bond donors (Lipinski definition) is 3. The molecule has 4 fully saturated rings. The lowest BCUT2D eigenvalue weighted by Crippen LogP contribution is -2.51. The second-order valence-corrected chi connectivity index (χ2v) is 13.0. The summed E-state index contributed by atoms with van der Waals surface area (Å²) in [7, 11) is 0. The van der Waals surface area contributed by atoms with Gasteiger partial charge in [-0.2, -0.15) is 9.97 Å². The van der Waals surface area contributed by atoms with E-state index in [1.54, 1.807) is 6.07 Å². The molecule has 0 aliphatic carbocycles. The third-order valence-electron chi connectivity index (χ3n) is 9.97. The number of aryl methyl sites for hydroxylation is 1. The van der Waals surface area contributed by atoms with Crippen molar-refractivity contribution in [2.75, 3.05) is 49.2 Å². The quantitative estimate of drug-likeness (QED) is 0.283. The number of furan rings is 1. The number of benzene rings is 1. The van der Waals surface area contributed by atoms with E-state index in [1.807, 2.05) is 19.1 Å². The van der Waals surface area contributed by atoms with Crippen LogP contribution < -0.4 is 26.4 Å². The zero-order valence-electron chi connectivity index (χ0n) is 24.2. The SMILES string of the molecule is CCc1c(N)oc2ccc(Cl)c(-c3cc4nc(OC[C@@]56CCCN5C[C@H](F)C6)nc(N5CC6CCC(C5)N6)c4nc3N)c12. The molecule has 2 unspecified atom stereocenters. The Morgan fingerprint density at radius 1 is 1.16 bits per heavy atom. The predicted molar refractivity (Wildman–Crippen MR) is 166 cm³/mol. The Kier molecular flexibility index (Phi) is 6.36. The molecule has 8 rings (SSSR count). The van der Waals surface area contributed by atoms with Crippen LogP contribution in [0.25, 0.3) is 33.1 Å². The topological polar surface area (TPSA) is 132 Å². The summed E-state index contributed by atoms with van der Waals surface area (Å²) in [6, 6.07) is 6.58. The predicted octanol–water partition coefficient (Wildman–Crippen LogP) is 4.71. The number of pyridine rings is 1. The summed E-state index contributed by atoms with van der Waals surface area (Å²) < 4.78 is 26.7.